The van der Waals surface area contributed by atoms with Crippen LogP contribution in [0.2, 0.25) is 5.02 Å². The van der Waals surface area contributed by atoms with Gasteiger partial charge in [0.2, 0.25) is 11.7 Å². The molecule has 2 saturated carbocycles. The Morgan fingerprint density at radius 3 is 2.58 bits per heavy atom. The number of anilines is 2. The number of halogens is 1. The van der Waals surface area contributed by atoms with E-state index in [9.17, 15) is 9.59 Å². The minimum atomic E-state index is -0.507. The van der Waals surface area contributed by atoms with E-state index in [0.29, 0.717) is 45.3 Å². The molecule has 2 aromatic heterocycles. The zero-order chi connectivity index (χ0) is 25.3. The summed E-state index contributed by atoms with van der Waals surface area (Å²) in [5.74, 6) is 0.338. The molecule has 0 bridgehead atoms. The van der Waals surface area contributed by atoms with E-state index in [1.807, 2.05) is 31.1 Å². The van der Waals surface area contributed by atoms with Crippen LogP contribution in [0.5, 0.6) is 5.75 Å². The summed E-state index contributed by atoms with van der Waals surface area (Å²) < 4.78 is 11.8. The number of aromatic nitrogens is 1. The van der Waals surface area contributed by atoms with Crippen LogP contribution in [0.25, 0.3) is 11.0 Å². The highest BCUT2D eigenvalue weighted by Crippen LogP contribution is 2.57. The molecule has 0 unspecified atom stereocenters. The molecule has 2 N–H and O–H groups in total. The first kappa shape index (κ1) is 24.6. The average Bonchev–Trinajstić information content (AvgIpc) is 3.51. The van der Waals surface area contributed by atoms with E-state index in [1.165, 1.54) is 19.0 Å². The molecule has 0 radical (unpaired) electrons. The first-order chi connectivity index (χ1) is 17.3. The Labute approximate surface area is 215 Å². The smallest absolute Gasteiger partial charge is 0.294 e. The lowest BCUT2D eigenvalue weighted by Crippen LogP contribution is -2.28. The van der Waals surface area contributed by atoms with Gasteiger partial charge in [0.05, 0.1) is 5.02 Å². The summed E-state index contributed by atoms with van der Waals surface area (Å²) in [5, 5.41) is 6.86. The Morgan fingerprint density at radius 1 is 1.14 bits per heavy atom. The van der Waals surface area contributed by atoms with Crippen LogP contribution in [0.15, 0.2) is 40.9 Å². The number of amides is 2. The van der Waals surface area contributed by atoms with Crippen LogP contribution >= 0.6 is 11.6 Å². The summed E-state index contributed by atoms with van der Waals surface area (Å²) >= 11 is 5.91. The number of carbonyl (C=O) groups excluding carboxylic acids is 2. The Hall–Kier alpha value is -3.10. The number of furan rings is 1. The van der Waals surface area contributed by atoms with Crippen molar-refractivity contribution in [2.24, 2.45) is 11.3 Å². The van der Waals surface area contributed by atoms with Crippen LogP contribution in [0, 0.1) is 11.3 Å². The van der Waals surface area contributed by atoms with Crippen molar-refractivity contribution in [1.29, 1.82) is 0 Å². The number of fused-ring (bicyclic) bond motifs is 1. The average molecular weight is 511 g/mol. The number of likely N-dealkylation sites (N-methyl/N-ethyl adjacent to an activating group) is 1. The van der Waals surface area contributed by atoms with E-state index in [2.05, 4.69) is 15.6 Å². The molecule has 36 heavy (non-hydrogen) atoms. The SMILES string of the molecule is CN(C)CCOc1ccc2c(NC(=O)C3CCC4(CC3)CC4)c(C(=O)Nc3ccc(Cl)cn3)oc2c1. The van der Waals surface area contributed by atoms with Crippen LogP contribution < -0.4 is 15.4 Å². The van der Waals surface area contributed by atoms with Crippen LogP contribution in [0.4, 0.5) is 11.5 Å². The van der Waals surface area contributed by atoms with Crippen molar-refractivity contribution < 1.29 is 18.7 Å². The van der Waals surface area contributed by atoms with Crippen molar-refractivity contribution in [3.05, 3.63) is 47.3 Å². The van der Waals surface area contributed by atoms with E-state index in [1.54, 1.807) is 18.2 Å². The molecule has 5 rings (SSSR count). The lowest BCUT2D eigenvalue weighted by atomic mass is 9.79. The molecule has 190 valence electrons. The van der Waals surface area contributed by atoms with Gasteiger partial charge in [-0.05, 0) is 82.3 Å². The fourth-order valence-corrected chi connectivity index (χ4v) is 4.93. The molecular formula is C27H31ClN4O4. The van der Waals surface area contributed by atoms with Crippen LogP contribution in [0.1, 0.15) is 49.1 Å². The van der Waals surface area contributed by atoms with Crippen LogP contribution in [0.3, 0.4) is 0 Å². The molecule has 0 atom stereocenters. The van der Waals surface area contributed by atoms with Gasteiger partial charge in [-0.15, -0.1) is 0 Å². The molecule has 0 saturated heterocycles. The molecule has 1 spiro atoms. The van der Waals surface area contributed by atoms with Gasteiger partial charge in [0, 0.05) is 30.1 Å². The summed E-state index contributed by atoms with van der Waals surface area (Å²) in [6.07, 6.45) is 7.97. The highest BCUT2D eigenvalue weighted by Gasteiger charge is 2.46. The normalized spacial score (nSPS) is 16.9. The van der Waals surface area contributed by atoms with Gasteiger partial charge < -0.3 is 24.7 Å². The van der Waals surface area contributed by atoms with E-state index in [4.69, 9.17) is 20.8 Å². The Bertz CT molecular complexity index is 1260. The molecule has 9 heteroatoms. The number of pyridine rings is 1. The first-order valence-corrected chi connectivity index (χ1v) is 12.8. The van der Waals surface area contributed by atoms with E-state index < -0.39 is 5.91 Å². The Morgan fingerprint density at radius 2 is 1.92 bits per heavy atom. The topological polar surface area (TPSA) is 96.7 Å². The summed E-state index contributed by atoms with van der Waals surface area (Å²) in [5.41, 5.74) is 1.33. The number of ether oxygens (including phenoxy) is 1. The lowest BCUT2D eigenvalue weighted by Gasteiger charge is -2.27. The van der Waals surface area contributed by atoms with Gasteiger partial charge in [0.15, 0.2) is 0 Å². The van der Waals surface area contributed by atoms with E-state index in [-0.39, 0.29) is 17.6 Å². The van der Waals surface area contributed by atoms with Crippen molar-refractivity contribution in [3.8, 4) is 5.75 Å². The second-order valence-corrected chi connectivity index (χ2v) is 10.6. The molecular weight excluding hydrogens is 480 g/mol. The van der Waals surface area contributed by atoms with E-state index in [0.717, 1.165) is 32.2 Å². The summed E-state index contributed by atoms with van der Waals surface area (Å²) in [4.78, 5) is 32.6. The summed E-state index contributed by atoms with van der Waals surface area (Å²) in [6, 6.07) is 8.63. The van der Waals surface area contributed by atoms with Crippen molar-refractivity contribution in [1.82, 2.24) is 9.88 Å². The van der Waals surface area contributed by atoms with E-state index >= 15 is 0 Å². The van der Waals surface area contributed by atoms with Crippen molar-refractivity contribution in [2.45, 2.75) is 38.5 Å². The van der Waals surface area contributed by atoms with Gasteiger partial charge in [-0.1, -0.05) is 11.6 Å². The minimum absolute atomic E-state index is 0.0232. The quantitative estimate of drug-likeness (QED) is 0.410. The van der Waals surface area contributed by atoms with Crippen molar-refractivity contribution in [2.75, 3.05) is 37.9 Å². The second-order valence-electron chi connectivity index (χ2n) is 10.2. The number of hydrogen-bond acceptors (Lipinski definition) is 6. The molecule has 2 fully saturated rings. The summed E-state index contributed by atoms with van der Waals surface area (Å²) in [6.45, 7) is 1.28. The largest absolute Gasteiger partial charge is 0.492 e. The monoisotopic (exact) mass is 510 g/mol. The molecule has 3 aromatic rings. The number of rotatable bonds is 8. The van der Waals surface area contributed by atoms with Crippen LogP contribution in [-0.2, 0) is 4.79 Å². The molecule has 2 amide bonds. The Balaban J connectivity index is 1.40. The molecule has 2 aliphatic carbocycles. The molecule has 2 aliphatic rings. The number of carbonyl (C=O) groups is 2. The number of nitrogens with one attached hydrogen (secondary N) is 2. The van der Waals surface area contributed by atoms with Gasteiger partial charge in [-0.25, -0.2) is 4.98 Å². The maximum atomic E-state index is 13.2. The van der Waals surface area contributed by atoms with Crippen molar-refractivity contribution in [3.63, 3.8) is 0 Å². The second kappa shape index (κ2) is 10.1. The van der Waals surface area contributed by atoms with Crippen LogP contribution in [-0.4, -0.2) is 48.9 Å². The lowest BCUT2D eigenvalue weighted by molar-refractivity contribution is -0.121. The minimum Gasteiger partial charge on any atom is -0.492 e. The zero-order valence-corrected chi connectivity index (χ0v) is 21.4. The third-order valence-corrected chi connectivity index (χ3v) is 7.49. The molecule has 2 heterocycles. The fourth-order valence-electron chi connectivity index (χ4n) is 4.81. The van der Waals surface area contributed by atoms with Gasteiger partial charge in [0.25, 0.3) is 5.91 Å². The molecule has 8 nitrogen and oxygen atoms in total. The predicted molar refractivity (Wildman–Crippen MR) is 140 cm³/mol. The third kappa shape index (κ3) is 5.50. The molecule has 1 aromatic carbocycles. The van der Waals surface area contributed by atoms with Crippen molar-refractivity contribution >= 4 is 45.9 Å². The molecule has 0 aliphatic heterocycles. The Kier molecular flexibility index (Phi) is 6.90. The standard InChI is InChI=1S/C27H31ClN4O4/c1-32(2)13-14-35-19-4-5-20-21(15-19)36-24(26(34)30-22-6-3-18(28)16-29-22)23(20)31-25(33)17-7-9-27(10-8-17)11-12-27/h3-6,15-17H,7-14H2,1-2H3,(H,31,33)(H,29,30,34). The zero-order valence-electron chi connectivity index (χ0n) is 20.6. The maximum absolute atomic E-state index is 13.2. The van der Waals surface area contributed by atoms with Gasteiger partial charge in [-0.2, -0.15) is 0 Å². The highest BCUT2D eigenvalue weighted by molar-refractivity contribution is 6.30. The van der Waals surface area contributed by atoms with Gasteiger partial charge in [0.1, 0.15) is 29.4 Å². The predicted octanol–water partition coefficient (Wildman–Crippen LogP) is 5.58. The summed E-state index contributed by atoms with van der Waals surface area (Å²) in [7, 11) is 3.95. The highest BCUT2D eigenvalue weighted by atomic mass is 35.5. The van der Waals surface area contributed by atoms with Gasteiger partial charge >= 0.3 is 0 Å². The number of nitrogens with zero attached hydrogens (tertiary/aromatic N) is 2. The number of hydrogen-bond donors (Lipinski definition) is 2. The maximum Gasteiger partial charge on any atom is 0.294 e. The first-order valence-electron chi connectivity index (χ1n) is 12.4. The number of benzene rings is 1. The fraction of sp³-hybridized carbons (Fsp3) is 0.444. The third-order valence-electron chi connectivity index (χ3n) is 7.27. The van der Waals surface area contributed by atoms with Gasteiger partial charge in [-0.3, -0.25) is 9.59 Å².